The van der Waals surface area contributed by atoms with Crippen LogP contribution in [0.25, 0.3) is 0 Å². The van der Waals surface area contributed by atoms with Crippen molar-refractivity contribution in [3.05, 3.63) is 59.2 Å². The van der Waals surface area contributed by atoms with Gasteiger partial charge in [-0.3, -0.25) is 4.79 Å². The van der Waals surface area contributed by atoms with Crippen molar-refractivity contribution in [3.63, 3.8) is 0 Å². The van der Waals surface area contributed by atoms with E-state index < -0.39 is 0 Å². The van der Waals surface area contributed by atoms with Crippen molar-refractivity contribution in [1.82, 2.24) is 5.43 Å². The molecule has 2 aromatic carbocycles. The zero-order valence-corrected chi connectivity index (χ0v) is 15.3. The highest BCUT2D eigenvalue weighted by Gasteiger charge is 2.14. The van der Waals surface area contributed by atoms with Crippen LogP contribution in [-0.4, -0.2) is 26.3 Å². The Morgan fingerprint density at radius 1 is 1.04 bits per heavy atom. The molecule has 0 spiro atoms. The highest BCUT2D eigenvalue weighted by Crippen LogP contribution is 2.23. The van der Waals surface area contributed by atoms with Gasteiger partial charge in [0, 0.05) is 11.1 Å². The Labute approximate surface area is 148 Å². The van der Waals surface area contributed by atoms with Gasteiger partial charge in [-0.2, -0.15) is 5.10 Å². The molecule has 0 aromatic heterocycles. The highest BCUT2D eigenvalue weighted by atomic mass is 16.5. The van der Waals surface area contributed by atoms with E-state index in [-0.39, 0.29) is 11.3 Å². The maximum atomic E-state index is 12.2. The molecule has 0 radical (unpaired) electrons. The number of rotatable bonds is 5. The van der Waals surface area contributed by atoms with Gasteiger partial charge in [0.05, 0.1) is 20.4 Å². The molecule has 25 heavy (non-hydrogen) atoms. The van der Waals surface area contributed by atoms with Crippen molar-refractivity contribution in [3.8, 4) is 11.5 Å². The fraction of sp³-hybridized carbons (Fsp3) is 0.300. The second kappa shape index (κ2) is 7.83. The fourth-order valence-corrected chi connectivity index (χ4v) is 2.29. The molecule has 0 saturated heterocycles. The zero-order valence-electron chi connectivity index (χ0n) is 15.3. The largest absolute Gasteiger partial charge is 0.497 e. The van der Waals surface area contributed by atoms with Gasteiger partial charge < -0.3 is 9.47 Å². The van der Waals surface area contributed by atoms with E-state index >= 15 is 0 Å². The molecule has 0 unspecified atom stereocenters. The molecule has 0 atom stereocenters. The molecule has 5 heteroatoms. The summed E-state index contributed by atoms with van der Waals surface area (Å²) >= 11 is 0. The number of hydrazone groups is 1. The van der Waals surface area contributed by atoms with Gasteiger partial charge in [0.2, 0.25) is 0 Å². The van der Waals surface area contributed by atoms with Crippen molar-refractivity contribution in [1.29, 1.82) is 0 Å². The lowest BCUT2D eigenvalue weighted by atomic mass is 9.87. The molecule has 5 nitrogen and oxygen atoms in total. The molecule has 1 amide bonds. The zero-order chi connectivity index (χ0) is 18.4. The monoisotopic (exact) mass is 340 g/mol. The molecule has 2 aromatic rings. The third kappa shape index (κ3) is 4.83. The smallest absolute Gasteiger partial charge is 0.271 e. The summed E-state index contributed by atoms with van der Waals surface area (Å²) in [4.78, 5) is 12.2. The van der Waals surface area contributed by atoms with Gasteiger partial charge in [0.25, 0.3) is 5.91 Å². The molecule has 0 saturated carbocycles. The molecule has 0 aliphatic carbocycles. The van der Waals surface area contributed by atoms with Crippen LogP contribution in [-0.2, 0) is 5.41 Å². The van der Waals surface area contributed by atoms with Crippen LogP contribution < -0.4 is 14.9 Å². The summed E-state index contributed by atoms with van der Waals surface area (Å²) < 4.78 is 10.5. The lowest BCUT2D eigenvalue weighted by Gasteiger charge is -2.18. The number of carbonyl (C=O) groups is 1. The van der Waals surface area contributed by atoms with E-state index in [2.05, 4.69) is 31.3 Å². The van der Waals surface area contributed by atoms with Crippen molar-refractivity contribution in [2.75, 3.05) is 14.2 Å². The Morgan fingerprint density at radius 2 is 1.72 bits per heavy atom. The number of carbonyl (C=O) groups excluding carboxylic acids is 1. The lowest BCUT2D eigenvalue weighted by molar-refractivity contribution is 0.0955. The Balaban J connectivity index is 2.08. The van der Waals surface area contributed by atoms with Gasteiger partial charge in [0.1, 0.15) is 11.5 Å². The Hall–Kier alpha value is -2.82. The maximum absolute atomic E-state index is 12.2. The number of benzene rings is 2. The summed E-state index contributed by atoms with van der Waals surface area (Å²) in [7, 11) is 3.17. The number of ether oxygens (including phenoxy) is 2. The molecule has 0 aliphatic heterocycles. The van der Waals surface area contributed by atoms with Crippen LogP contribution in [0.5, 0.6) is 11.5 Å². The predicted molar refractivity (Wildman–Crippen MR) is 99.7 cm³/mol. The van der Waals surface area contributed by atoms with E-state index in [1.807, 2.05) is 12.1 Å². The average molecular weight is 340 g/mol. The van der Waals surface area contributed by atoms with E-state index in [4.69, 9.17) is 9.47 Å². The molecule has 132 valence electrons. The Bertz CT molecular complexity index is 760. The number of hydrogen-bond donors (Lipinski definition) is 1. The molecule has 2 rings (SSSR count). The van der Waals surface area contributed by atoms with Gasteiger partial charge in [-0.25, -0.2) is 5.43 Å². The summed E-state index contributed by atoms with van der Waals surface area (Å²) in [5.41, 5.74) is 5.03. The molecule has 0 heterocycles. The Morgan fingerprint density at radius 3 is 2.28 bits per heavy atom. The van der Waals surface area contributed by atoms with Crippen molar-refractivity contribution >= 4 is 12.1 Å². The van der Waals surface area contributed by atoms with E-state index in [0.29, 0.717) is 22.6 Å². The molecular formula is C20H24N2O3. The normalized spacial score (nSPS) is 11.4. The Kier molecular flexibility index (Phi) is 5.80. The first kappa shape index (κ1) is 18.5. The van der Waals surface area contributed by atoms with Gasteiger partial charge in [-0.15, -0.1) is 0 Å². The predicted octanol–water partition coefficient (Wildman–Crippen LogP) is 3.77. The number of methoxy groups -OCH3 is 2. The topological polar surface area (TPSA) is 59.9 Å². The summed E-state index contributed by atoms with van der Waals surface area (Å²) in [6.45, 7) is 6.40. The van der Waals surface area contributed by atoms with Crippen molar-refractivity contribution in [2.24, 2.45) is 5.10 Å². The summed E-state index contributed by atoms with van der Waals surface area (Å²) in [5, 5.41) is 4.01. The van der Waals surface area contributed by atoms with Crippen molar-refractivity contribution < 1.29 is 14.3 Å². The number of amides is 1. The number of hydrogen-bond acceptors (Lipinski definition) is 4. The quantitative estimate of drug-likeness (QED) is 0.666. The number of nitrogens with one attached hydrogen (secondary N) is 1. The molecule has 1 N–H and O–H groups in total. The van der Waals surface area contributed by atoms with Crippen LogP contribution in [0.3, 0.4) is 0 Å². The van der Waals surface area contributed by atoms with Crippen LogP contribution in [0.1, 0.15) is 42.3 Å². The first-order valence-electron chi connectivity index (χ1n) is 8.01. The van der Waals surface area contributed by atoms with Crippen LogP contribution >= 0.6 is 0 Å². The molecule has 0 fully saturated rings. The van der Waals surface area contributed by atoms with Crippen LogP contribution in [0.15, 0.2) is 47.6 Å². The third-order valence-electron chi connectivity index (χ3n) is 3.82. The molecule has 0 aliphatic rings. The minimum atomic E-state index is -0.265. The van der Waals surface area contributed by atoms with Gasteiger partial charge in [-0.05, 0) is 41.3 Å². The van der Waals surface area contributed by atoms with E-state index in [1.165, 1.54) is 11.8 Å². The van der Waals surface area contributed by atoms with E-state index in [9.17, 15) is 4.79 Å². The second-order valence-corrected chi connectivity index (χ2v) is 6.63. The minimum Gasteiger partial charge on any atom is -0.497 e. The summed E-state index contributed by atoms with van der Waals surface area (Å²) in [5.74, 6) is 1.07. The second-order valence-electron chi connectivity index (χ2n) is 6.63. The van der Waals surface area contributed by atoms with Gasteiger partial charge in [0.15, 0.2) is 0 Å². The summed E-state index contributed by atoms with van der Waals surface area (Å²) in [6, 6.07) is 12.9. The van der Waals surface area contributed by atoms with E-state index in [0.717, 1.165) is 0 Å². The molecular weight excluding hydrogens is 316 g/mol. The van der Waals surface area contributed by atoms with Crippen molar-refractivity contribution in [2.45, 2.75) is 26.2 Å². The minimum absolute atomic E-state index is 0.0517. The standard InChI is InChI=1S/C20H24N2O3/c1-20(2,3)16-8-6-14(7-9-16)19(23)22-21-13-15-12-17(24-4)10-11-18(15)25-5/h6-13H,1-5H3,(H,22,23)/b21-13-. The summed E-state index contributed by atoms with van der Waals surface area (Å²) in [6.07, 6.45) is 1.53. The van der Waals surface area contributed by atoms with Crippen LogP contribution in [0.2, 0.25) is 0 Å². The lowest BCUT2D eigenvalue weighted by Crippen LogP contribution is -2.18. The maximum Gasteiger partial charge on any atom is 0.271 e. The fourth-order valence-electron chi connectivity index (χ4n) is 2.29. The van der Waals surface area contributed by atoms with Gasteiger partial charge >= 0.3 is 0 Å². The molecule has 0 bridgehead atoms. The van der Waals surface area contributed by atoms with Gasteiger partial charge in [-0.1, -0.05) is 32.9 Å². The van der Waals surface area contributed by atoms with Crippen LogP contribution in [0.4, 0.5) is 0 Å². The number of nitrogens with zero attached hydrogens (tertiary/aromatic N) is 1. The average Bonchev–Trinajstić information content (AvgIpc) is 2.60. The van der Waals surface area contributed by atoms with E-state index in [1.54, 1.807) is 44.6 Å². The first-order valence-corrected chi connectivity index (χ1v) is 8.01. The SMILES string of the molecule is COc1ccc(OC)c(/C=N\NC(=O)c2ccc(C(C)(C)C)cc2)c1. The third-order valence-corrected chi connectivity index (χ3v) is 3.82. The highest BCUT2D eigenvalue weighted by molar-refractivity contribution is 5.95. The van der Waals surface area contributed by atoms with Crippen LogP contribution in [0, 0.1) is 0 Å². The first-order chi connectivity index (χ1) is 11.8.